The minimum Gasteiger partial charge on any atom is -0.454 e. The first-order valence-corrected chi connectivity index (χ1v) is 11.9. The van der Waals surface area contributed by atoms with Gasteiger partial charge in [-0.3, -0.25) is 4.99 Å². The molecule has 1 saturated heterocycles. The van der Waals surface area contributed by atoms with E-state index in [1.165, 1.54) is 0 Å². The van der Waals surface area contributed by atoms with E-state index in [1.807, 2.05) is 30.3 Å². The molecule has 0 amide bonds. The largest absolute Gasteiger partial charge is 0.454 e. The van der Waals surface area contributed by atoms with E-state index in [0.29, 0.717) is 37.0 Å². The van der Waals surface area contributed by atoms with E-state index < -0.39 is 10.0 Å². The van der Waals surface area contributed by atoms with E-state index >= 15 is 0 Å². The highest BCUT2D eigenvalue weighted by atomic mass is 32.2. The van der Waals surface area contributed by atoms with Crippen molar-refractivity contribution in [1.82, 2.24) is 14.9 Å². The average molecular weight is 445 g/mol. The Balaban J connectivity index is 1.30. The van der Waals surface area contributed by atoms with Gasteiger partial charge in [0.25, 0.3) is 0 Å². The number of hydrogen-bond donors (Lipinski definition) is 2. The second-order valence-electron chi connectivity index (χ2n) is 7.58. The number of nitrogens with one attached hydrogen (secondary N) is 2. The van der Waals surface area contributed by atoms with Crippen LogP contribution in [-0.4, -0.2) is 45.6 Å². The van der Waals surface area contributed by atoms with Gasteiger partial charge in [0.2, 0.25) is 16.8 Å². The Morgan fingerprint density at radius 3 is 2.29 bits per heavy atom. The van der Waals surface area contributed by atoms with E-state index in [-0.39, 0.29) is 6.79 Å². The summed E-state index contributed by atoms with van der Waals surface area (Å²) in [6.07, 6.45) is 2.96. The van der Waals surface area contributed by atoms with Crippen LogP contribution in [0.4, 0.5) is 0 Å². The molecule has 31 heavy (non-hydrogen) atoms. The van der Waals surface area contributed by atoms with Crippen molar-refractivity contribution in [1.29, 1.82) is 0 Å². The van der Waals surface area contributed by atoms with E-state index in [1.54, 1.807) is 23.5 Å². The number of piperidine rings is 1. The van der Waals surface area contributed by atoms with E-state index in [4.69, 9.17) is 9.47 Å². The molecule has 2 heterocycles. The topological polar surface area (TPSA) is 92.3 Å². The zero-order valence-corrected chi connectivity index (χ0v) is 18.5. The lowest BCUT2D eigenvalue weighted by molar-refractivity contribution is 0.174. The molecule has 4 rings (SSSR count). The molecule has 1 fully saturated rings. The van der Waals surface area contributed by atoms with Crippen LogP contribution in [0.5, 0.6) is 11.5 Å². The van der Waals surface area contributed by atoms with Crippen LogP contribution in [0.25, 0.3) is 0 Å². The number of aliphatic imine (C=N–C) groups is 1. The number of nitrogens with zero attached hydrogens (tertiary/aromatic N) is 2. The Hall–Kier alpha value is -2.78. The van der Waals surface area contributed by atoms with Crippen LogP contribution in [-0.2, 0) is 23.1 Å². The molecule has 0 radical (unpaired) electrons. The van der Waals surface area contributed by atoms with Crippen LogP contribution in [0.15, 0.2) is 52.4 Å². The first kappa shape index (κ1) is 21.5. The first-order chi connectivity index (χ1) is 15.1. The Labute approximate surface area is 183 Å². The Bertz CT molecular complexity index is 1030. The van der Waals surface area contributed by atoms with Gasteiger partial charge in [-0.1, -0.05) is 24.6 Å². The molecule has 9 heteroatoms. The van der Waals surface area contributed by atoms with Crippen LogP contribution >= 0.6 is 0 Å². The summed E-state index contributed by atoms with van der Waals surface area (Å²) in [4.78, 5) is 4.60. The summed E-state index contributed by atoms with van der Waals surface area (Å²) in [5, 5.41) is 6.52. The first-order valence-electron chi connectivity index (χ1n) is 10.5. The second kappa shape index (κ2) is 9.57. The third-order valence-corrected chi connectivity index (χ3v) is 7.37. The number of sulfonamides is 1. The number of fused-ring (bicyclic) bond motifs is 1. The van der Waals surface area contributed by atoms with Crippen molar-refractivity contribution in [2.45, 2.75) is 37.2 Å². The number of rotatable bonds is 6. The molecule has 0 saturated carbocycles. The van der Waals surface area contributed by atoms with E-state index in [0.717, 1.165) is 41.9 Å². The van der Waals surface area contributed by atoms with Crippen molar-refractivity contribution in [3.63, 3.8) is 0 Å². The van der Waals surface area contributed by atoms with Crippen molar-refractivity contribution in [3.8, 4) is 11.5 Å². The van der Waals surface area contributed by atoms with Crippen LogP contribution in [0.3, 0.4) is 0 Å². The molecular formula is C22H28N4O4S. The Morgan fingerprint density at radius 1 is 0.935 bits per heavy atom. The van der Waals surface area contributed by atoms with Gasteiger partial charge in [0.1, 0.15) is 0 Å². The molecule has 0 bridgehead atoms. The average Bonchev–Trinajstić information content (AvgIpc) is 3.28. The van der Waals surface area contributed by atoms with Crippen LogP contribution < -0.4 is 20.1 Å². The van der Waals surface area contributed by atoms with E-state index in [2.05, 4.69) is 15.6 Å². The minimum absolute atomic E-state index is 0.258. The zero-order chi connectivity index (χ0) is 21.7. The number of guanidine groups is 1. The van der Waals surface area contributed by atoms with Gasteiger partial charge in [-0.05, 0) is 48.2 Å². The molecule has 2 aliphatic rings. The van der Waals surface area contributed by atoms with Gasteiger partial charge in [-0.2, -0.15) is 4.31 Å². The highest BCUT2D eigenvalue weighted by Crippen LogP contribution is 2.32. The molecule has 8 nitrogen and oxygen atoms in total. The third-order valence-electron chi connectivity index (χ3n) is 5.46. The van der Waals surface area contributed by atoms with Crippen LogP contribution in [0.1, 0.15) is 30.4 Å². The van der Waals surface area contributed by atoms with Crippen molar-refractivity contribution in [2.75, 3.05) is 26.9 Å². The smallest absolute Gasteiger partial charge is 0.243 e. The molecule has 2 aromatic carbocycles. The zero-order valence-electron chi connectivity index (χ0n) is 17.6. The molecule has 166 valence electrons. The molecule has 2 N–H and O–H groups in total. The fourth-order valence-electron chi connectivity index (χ4n) is 3.68. The predicted octanol–water partition coefficient (Wildman–Crippen LogP) is 2.46. The summed E-state index contributed by atoms with van der Waals surface area (Å²) in [5.41, 5.74) is 2.03. The summed E-state index contributed by atoms with van der Waals surface area (Å²) < 4.78 is 37.9. The molecule has 0 aliphatic carbocycles. The van der Waals surface area contributed by atoms with Crippen LogP contribution in [0, 0.1) is 0 Å². The van der Waals surface area contributed by atoms with Crippen molar-refractivity contribution in [3.05, 3.63) is 53.6 Å². The maximum atomic E-state index is 12.8. The van der Waals surface area contributed by atoms with Gasteiger partial charge in [-0.15, -0.1) is 0 Å². The minimum atomic E-state index is -3.40. The normalized spacial score (nSPS) is 16.9. The summed E-state index contributed by atoms with van der Waals surface area (Å²) in [6.45, 7) is 2.59. The quantitative estimate of drug-likeness (QED) is 0.525. The van der Waals surface area contributed by atoms with Crippen molar-refractivity contribution >= 4 is 16.0 Å². The lowest BCUT2D eigenvalue weighted by Gasteiger charge is -2.25. The van der Waals surface area contributed by atoms with Crippen molar-refractivity contribution in [2.24, 2.45) is 4.99 Å². The standard InChI is InChI=1S/C22H28N4O4S/c1-23-22(25-15-18-7-10-20-21(13-18)30-16-29-20)24-14-17-5-8-19(9-6-17)31(27,28)26-11-3-2-4-12-26/h5-10,13H,2-4,11-12,14-16H2,1H3,(H2,23,24,25). The predicted molar refractivity (Wildman–Crippen MR) is 119 cm³/mol. The second-order valence-corrected chi connectivity index (χ2v) is 9.51. The number of benzene rings is 2. The Kier molecular flexibility index (Phi) is 6.62. The van der Waals surface area contributed by atoms with Crippen molar-refractivity contribution < 1.29 is 17.9 Å². The summed E-state index contributed by atoms with van der Waals surface area (Å²) in [5.74, 6) is 2.17. The lowest BCUT2D eigenvalue weighted by Crippen LogP contribution is -2.36. The Morgan fingerprint density at radius 2 is 1.58 bits per heavy atom. The fourth-order valence-corrected chi connectivity index (χ4v) is 5.19. The highest BCUT2D eigenvalue weighted by molar-refractivity contribution is 7.89. The maximum Gasteiger partial charge on any atom is 0.243 e. The number of ether oxygens (including phenoxy) is 2. The third kappa shape index (κ3) is 5.11. The summed E-state index contributed by atoms with van der Waals surface area (Å²) in [7, 11) is -1.69. The van der Waals surface area contributed by atoms with Gasteiger partial charge < -0.3 is 20.1 Å². The lowest BCUT2D eigenvalue weighted by atomic mass is 10.2. The van der Waals surface area contributed by atoms with E-state index in [9.17, 15) is 8.42 Å². The molecule has 2 aromatic rings. The maximum absolute atomic E-state index is 12.8. The molecule has 0 atom stereocenters. The van der Waals surface area contributed by atoms with Gasteiger partial charge >= 0.3 is 0 Å². The SMILES string of the molecule is CN=C(NCc1ccc(S(=O)(=O)N2CCCCC2)cc1)NCc1ccc2c(c1)OCO2. The van der Waals surface area contributed by atoms with Crippen LogP contribution in [0.2, 0.25) is 0 Å². The fraction of sp³-hybridized carbons (Fsp3) is 0.409. The molecule has 0 aromatic heterocycles. The molecule has 2 aliphatic heterocycles. The van der Waals surface area contributed by atoms with Gasteiger partial charge in [0.05, 0.1) is 4.90 Å². The monoisotopic (exact) mass is 444 g/mol. The van der Waals surface area contributed by atoms with Gasteiger partial charge in [0.15, 0.2) is 17.5 Å². The highest BCUT2D eigenvalue weighted by Gasteiger charge is 2.25. The van der Waals surface area contributed by atoms with Gasteiger partial charge in [0, 0.05) is 33.2 Å². The molecular weight excluding hydrogens is 416 g/mol. The molecule has 0 unspecified atom stereocenters. The van der Waals surface area contributed by atoms with Gasteiger partial charge in [-0.25, -0.2) is 8.42 Å². The summed E-state index contributed by atoms with van der Waals surface area (Å²) >= 11 is 0. The molecule has 0 spiro atoms. The number of hydrogen-bond acceptors (Lipinski definition) is 5. The summed E-state index contributed by atoms with van der Waals surface area (Å²) in [6, 6.07) is 12.9.